The number of fused-ring (bicyclic) bond motifs is 2. The Kier molecular flexibility index (Phi) is 34.7. The molecule has 618 valence electrons. The highest BCUT2D eigenvalue weighted by atomic mass is 31.2. The van der Waals surface area contributed by atoms with E-state index >= 15 is 8.78 Å². The number of unbranched alkanes of at least 4 members (excludes halogenated alkanes) is 4. The Morgan fingerprint density at radius 1 is 0.586 bits per heavy atom. The topological polar surface area (TPSA) is 425 Å². The molecule has 0 aliphatic carbocycles. The van der Waals surface area contributed by atoms with Gasteiger partial charge in [-0.25, -0.2) is 50.6 Å². The Hall–Kier alpha value is -9.11. The second-order valence-electron chi connectivity index (χ2n) is 25.4. The Labute approximate surface area is 637 Å². The molecule has 12 atom stereocenters. The summed E-state index contributed by atoms with van der Waals surface area (Å²) in [6.45, 7) is 14.6. The highest BCUT2D eigenvalue weighted by Gasteiger charge is 2.57. The van der Waals surface area contributed by atoms with Crippen LogP contribution in [0.5, 0.6) is 17.2 Å². The van der Waals surface area contributed by atoms with Gasteiger partial charge in [-0.3, -0.25) is 33.0 Å². The number of rotatable bonds is 30. The number of aromatic nitrogens is 8. The fourth-order valence-electron chi connectivity index (χ4n) is 10.4. The van der Waals surface area contributed by atoms with Gasteiger partial charge in [-0.1, -0.05) is 98.2 Å². The first-order valence-corrected chi connectivity index (χ1v) is 36.9. The van der Waals surface area contributed by atoms with E-state index in [2.05, 4.69) is 44.6 Å². The molecule has 2 saturated heterocycles. The molecule has 2 amide bonds. The average molecular weight is 1620 g/mol. The molecule has 33 nitrogen and oxygen atoms in total. The van der Waals surface area contributed by atoms with Gasteiger partial charge in [-0.2, -0.15) is 38.9 Å². The average Bonchev–Trinajstić information content (AvgIpc) is 1.60. The number of alkyl halides is 2. The number of amides is 2. The van der Waals surface area contributed by atoms with Crippen LogP contribution >= 0.6 is 15.5 Å². The second-order valence-corrected chi connectivity index (χ2v) is 28.7. The number of nitrogens with two attached hydrogens (primary N) is 2. The minimum atomic E-state index is -4.91. The van der Waals surface area contributed by atoms with Gasteiger partial charge in [0.1, 0.15) is 48.0 Å². The molecule has 0 unspecified atom stereocenters. The number of nitrogens with one attached hydrogen (secondary N) is 2. The number of carbonyl (C=O) groups is 4. The van der Waals surface area contributed by atoms with Crippen LogP contribution in [0.4, 0.5) is 63.9 Å². The number of nitrogens with zero attached hydrogens (tertiary/aromatic N) is 10. The molecular formula is C69H99F7N14O19P2. The lowest BCUT2D eigenvalue weighted by Crippen LogP contribution is -2.41. The third kappa shape index (κ3) is 23.3. The fraction of sp³-hybridized carbons (Fsp3) is 0.536. The van der Waals surface area contributed by atoms with Crippen LogP contribution in [0.25, 0.3) is 22.3 Å². The van der Waals surface area contributed by atoms with E-state index in [1.165, 1.54) is 100.0 Å². The van der Waals surface area contributed by atoms with Crippen LogP contribution in [0, 0.1) is 29.1 Å². The Balaban J connectivity index is 0.000000362. The van der Waals surface area contributed by atoms with Crippen LogP contribution in [-0.4, -0.2) is 179 Å². The van der Waals surface area contributed by atoms with Crippen molar-refractivity contribution in [2.75, 3.05) is 61.8 Å². The zero-order valence-electron chi connectivity index (χ0n) is 60.8. The van der Waals surface area contributed by atoms with E-state index in [4.69, 9.17) is 53.5 Å². The van der Waals surface area contributed by atoms with E-state index in [0.717, 1.165) is 55.8 Å². The van der Waals surface area contributed by atoms with Crippen LogP contribution in [0.2, 0.25) is 0 Å². The predicted molar refractivity (Wildman–Crippen MR) is 394 cm³/mol. The minimum Gasteiger partial charge on any atom is -0.462 e. The molecule has 0 bridgehead atoms. The molecule has 2 aliphatic rings. The van der Waals surface area contributed by atoms with E-state index in [1.54, 1.807) is 38.1 Å². The van der Waals surface area contributed by atoms with Gasteiger partial charge in [0.2, 0.25) is 46.7 Å². The van der Waals surface area contributed by atoms with Gasteiger partial charge in [-0.05, 0) is 92.5 Å². The number of hydrogen-bond acceptors (Lipinski definition) is 27. The number of ether oxygens (including phenoxy) is 6. The zero-order chi connectivity index (χ0) is 79.9. The van der Waals surface area contributed by atoms with Crippen molar-refractivity contribution in [3.8, 4) is 17.2 Å². The van der Waals surface area contributed by atoms with E-state index in [0.29, 0.717) is 6.42 Å². The number of benzene rings is 3. The molecule has 111 heavy (non-hydrogen) atoms. The van der Waals surface area contributed by atoms with Crippen molar-refractivity contribution in [3.63, 3.8) is 0 Å². The van der Waals surface area contributed by atoms with Crippen molar-refractivity contribution in [3.05, 3.63) is 102 Å². The normalized spacial score (nSPS) is 20.8. The summed E-state index contributed by atoms with van der Waals surface area (Å²) in [5.74, 6) is -15.5. The molecule has 0 radical (unpaired) electrons. The van der Waals surface area contributed by atoms with Crippen molar-refractivity contribution in [1.82, 2.24) is 49.2 Å². The smallest absolute Gasteiger partial charge is 0.462 e. The second kappa shape index (κ2) is 40.9. The summed E-state index contributed by atoms with van der Waals surface area (Å²) in [6.07, 6.45) is -3.28. The lowest BCUT2D eigenvalue weighted by Gasteiger charge is -2.25. The van der Waals surface area contributed by atoms with Crippen molar-refractivity contribution < 1.29 is 121 Å². The molecule has 4 aromatic heterocycles. The van der Waals surface area contributed by atoms with Gasteiger partial charge in [-0.15, -0.1) is 0 Å². The van der Waals surface area contributed by atoms with E-state index < -0.39 is 160 Å². The minimum absolute atomic E-state index is 0. The van der Waals surface area contributed by atoms with Crippen LogP contribution in [0.1, 0.15) is 142 Å². The summed E-state index contributed by atoms with van der Waals surface area (Å²) in [7, 11) is -6.38. The van der Waals surface area contributed by atoms with Crippen molar-refractivity contribution in [2.45, 2.75) is 203 Å². The highest BCUT2D eigenvalue weighted by molar-refractivity contribution is 7.52. The van der Waals surface area contributed by atoms with Gasteiger partial charge >= 0.3 is 39.6 Å². The summed E-state index contributed by atoms with van der Waals surface area (Å²) in [5.41, 5.74) is 7.49. The van der Waals surface area contributed by atoms with Crippen LogP contribution in [0.3, 0.4) is 0 Å². The van der Waals surface area contributed by atoms with Crippen molar-refractivity contribution in [1.29, 1.82) is 0 Å². The third-order valence-corrected chi connectivity index (χ3v) is 19.2. The van der Waals surface area contributed by atoms with Gasteiger partial charge < -0.3 is 68.8 Å². The molecule has 6 heterocycles. The Bertz CT molecular complexity index is 4310. The molecule has 7 aromatic rings. The standard InChI is InChI=1S/C30H43FN7O9P.C18H17F5NO5P.C18H27FN6O5.3CH4/c1-7-8-12-15-43-29(41)37(6)24-22-25(35-28(32)34-24)38(17-33-22)27-30(5,31)23(39)21(46-27)16-44-48(42,47-20-13-10-9-11-14-20)36-19(4)26(40)45-18(2)3;1-9(2)27-18(25)10(3)24-30(26,28-11-7-5-4-6-8-11)29-17-15(22)13(20)12(19)14(21)16(17)23;1-4-5-6-7-29-17(28)24(3)13-11-14(23-16(20)22-13)25(9-21-11)15-18(2,19)12(27)10(8-26)30-15;;;/h9-11,13-14,17-19,21,23,27,39H,7-8,12,15-16H2,1-6H3,(H,36,42)(H2,32,34,35);4-10H,1-3H3,(H,24,26);9-10,12,15,26-27H,4-8H2,1-3H3,(H2,20,22,23);3*1H4/t19-,21+,23+,27+,30+,48-;10-,30-;10-,12-,15-,18-;;;/m001.../s1. The van der Waals surface area contributed by atoms with Crippen molar-refractivity contribution >= 4 is 85.5 Å². The SMILES string of the molecule is C.C.C.CC(C)OC(=O)[C@H](C)N[P@](=O)(Oc1ccccc1)Oc1c(F)c(F)c(F)c(F)c1F.CCCCCOC(=O)N(C)c1nc(N)nc2c1ncn2[C@@H]1O[C@H](CO)[C@@H](O)[C@@]1(C)F.CCCCCOC(=O)N(C)c1nc(N)nc2c1ncn2[C@@H]1O[C@H](CO[P@@](=O)(N[C@@H](C)C(=O)OC(C)C)Oc2ccccc2)[C@@H](O)[C@@]1(C)F. The van der Waals surface area contributed by atoms with Gasteiger partial charge in [0.15, 0.2) is 57.8 Å². The summed E-state index contributed by atoms with van der Waals surface area (Å²) in [5, 5.41) is 35.1. The van der Waals surface area contributed by atoms with E-state index in [-0.39, 0.29) is 92.9 Å². The third-order valence-electron chi connectivity index (χ3n) is 15.9. The lowest BCUT2D eigenvalue weighted by molar-refractivity contribution is -0.150. The summed E-state index contributed by atoms with van der Waals surface area (Å²) < 4.78 is 182. The molecule has 9 rings (SSSR count). The first-order chi connectivity index (χ1) is 50.8. The number of hydrogen-bond donors (Lipinski definition) is 7. The van der Waals surface area contributed by atoms with E-state index in [9.17, 15) is 65.6 Å². The number of halogens is 7. The maximum absolute atomic E-state index is 16.3. The molecule has 9 N–H and O–H groups in total. The van der Waals surface area contributed by atoms with Gasteiger partial charge in [0.25, 0.3) is 0 Å². The molecule has 0 spiro atoms. The molecule has 42 heteroatoms. The fourth-order valence-corrected chi connectivity index (χ4v) is 13.4. The summed E-state index contributed by atoms with van der Waals surface area (Å²) in [4.78, 5) is 76.8. The summed E-state index contributed by atoms with van der Waals surface area (Å²) in [6, 6.07) is 12.6. The monoisotopic (exact) mass is 1620 g/mol. The number of imidazole rings is 2. The number of anilines is 4. The Morgan fingerprint density at radius 3 is 1.33 bits per heavy atom. The molecule has 2 fully saturated rings. The highest BCUT2D eigenvalue weighted by Crippen LogP contribution is 2.50. The molecule has 2 aliphatic heterocycles. The molecule has 3 aromatic carbocycles. The molecule has 0 saturated carbocycles. The maximum atomic E-state index is 16.3. The van der Waals surface area contributed by atoms with Gasteiger partial charge in [0.05, 0.1) is 51.3 Å². The summed E-state index contributed by atoms with van der Waals surface area (Å²) >= 11 is 0. The number of para-hydroxylation sites is 2. The largest absolute Gasteiger partial charge is 0.513 e. The van der Waals surface area contributed by atoms with Crippen LogP contribution in [0.15, 0.2) is 73.3 Å². The lowest BCUT2D eigenvalue weighted by atomic mass is 9.98. The zero-order valence-corrected chi connectivity index (χ0v) is 62.6. The quantitative estimate of drug-likeness (QED) is 0.00418. The number of esters is 2. The Morgan fingerprint density at radius 2 is 0.955 bits per heavy atom. The van der Waals surface area contributed by atoms with Crippen LogP contribution in [-0.2, 0) is 51.7 Å². The number of aliphatic hydroxyl groups is 3. The first-order valence-electron chi connectivity index (χ1n) is 33.8. The van der Waals surface area contributed by atoms with Crippen molar-refractivity contribution in [2.24, 2.45) is 0 Å². The number of nitrogen functional groups attached to an aromatic ring is 2. The first kappa shape index (κ1) is 94.3. The maximum Gasteiger partial charge on any atom is 0.513 e. The predicted octanol–water partition coefficient (Wildman–Crippen LogP) is 12.2. The van der Waals surface area contributed by atoms with Gasteiger partial charge in [0, 0.05) is 14.1 Å². The number of aliphatic hydroxyl groups excluding tert-OH is 3. The number of carbonyl (C=O) groups excluding carboxylic acids is 4. The van der Waals surface area contributed by atoms with E-state index in [1.807, 2.05) is 13.8 Å². The van der Waals surface area contributed by atoms with Crippen LogP contribution < -0.4 is 45.0 Å². The molecular weight excluding hydrogens is 1520 g/mol.